The summed E-state index contributed by atoms with van der Waals surface area (Å²) in [7, 11) is 0. The molecule has 0 aromatic heterocycles. The first kappa shape index (κ1) is 17.0. The molecule has 0 aliphatic rings. The van der Waals surface area contributed by atoms with Crippen molar-refractivity contribution < 1.29 is 31.1 Å². The zero-order chi connectivity index (χ0) is 14.8. The lowest BCUT2D eigenvalue weighted by molar-refractivity contribution is -0.274. The number of amides is 1. The highest BCUT2D eigenvalue weighted by molar-refractivity contribution is 5.80. The summed E-state index contributed by atoms with van der Waals surface area (Å²) in [4.78, 5) is 11.0. The molecule has 0 radical (unpaired) electrons. The van der Waals surface area contributed by atoms with Crippen molar-refractivity contribution in [2.45, 2.75) is 26.2 Å². The molecular weight excluding hydrogens is 266 g/mol. The van der Waals surface area contributed by atoms with Crippen LogP contribution in [0.25, 0.3) is 0 Å². The van der Waals surface area contributed by atoms with Gasteiger partial charge >= 0.3 is 12.4 Å². The van der Waals surface area contributed by atoms with Gasteiger partial charge in [-0.2, -0.15) is 26.3 Å². The van der Waals surface area contributed by atoms with Crippen molar-refractivity contribution in [3.05, 3.63) is 0 Å². The molecule has 0 unspecified atom stereocenters. The maximum atomic E-state index is 12.2. The number of hydrogen-bond acceptors (Lipinski definition) is 2. The average Bonchev–Trinajstić information content (AvgIpc) is 2.10. The second-order valence-electron chi connectivity index (χ2n) is 4.60. The van der Waals surface area contributed by atoms with E-state index in [1.54, 1.807) is 5.32 Å². The van der Waals surface area contributed by atoms with Crippen LogP contribution >= 0.6 is 0 Å². The van der Waals surface area contributed by atoms with Crippen LogP contribution in [-0.2, 0) is 4.79 Å². The zero-order valence-electron chi connectivity index (χ0n) is 9.74. The first-order chi connectivity index (χ1) is 7.81. The molecule has 1 amide bonds. The van der Waals surface area contributed by atoms with E-state index in [1.165, 1.54) is 13.8 Å². The minimum Gasteiger partial charge on any atom is -0.355 e. The second kappa shape index (κ2) is 5.33. The fraction of sp³-hybridized carbons (Fsp3) is 0.889. The summed E-state index contributed by atoms with van der Waals surface area (Å²) in [6.45, 7) is 2.65. The van der Waals surface area contributed by atoms with E-state index in [9.17, 15) is 31.1 Å². The third kappa shape index (κ3) is 5.11. The summed E-state index contributed by atoms with van der Waals surface area (Å²) in [5.74, 6) is -6.13. The van der Waals surface area contributed by atoms with Crippen molar-refractivity contribution in [2.24, 2.45) is 17.1 Å². The largest absolute Gasteiger partial charge is 0.409 e. The fourth-order valence-electron chi connectivity index (χ4n) is 0.983. The Balaban J connectivity index is 4.82. The fourth-order valence-corrected chi connectivity index (χ4v) is 0.983. The first-order valence-corrected chi connectivity index (χ1v) is 4.92. The van der Waals surface area contributed by atoms with Crippen molar-refractivity contribution >= 4 is 5.91 Å². The summed E-state index contributed by atoms with van der Waals surface area (Å²) in [6, 6.07) is 0. The maximum Gasteiger partial charge on any atom is 0.409 e. The molecule has 0 saturated carbocycles. The molecule has 0 atom stereocenters. The van der Waals surface area contributed by atoms with Crippen molar-refractivity contribution in [3.63, 3.8) is 0 Å². The van der Waals surface area contributed by atoms with Gasteiger partial charge in [0.2, 0.25) is 11.8 Å². The standard InChI is InChI=1S/C9H14F6N2O/c1-7(2,3-16)4-17-6(18)5(8(10,11)12)9(13,14)15/h5H,3-4,16H2,1-2H3,(H,17,18). The molecule has 3 nitrogen and oxygen atoms in total. The highest BCUT2D eigenvalue weighted by Gasteiger charge is 2.61. The minimum absolute atomic E-state index is 0.00990. The molecule has 3 N–H and O–H groups in total. The van der Waals surface area contributed by atoms with Crippen molar-refractivity contribution in [2.75, 3.05) is 13.1 Å². The summed E-state index contributed by atoms with van der Waals surface area (Å²) in [5.41, 5.74) is 4.46. The topological polar surface area (TPSA) is 55.1 Å². The van der Waals surface area contributed by atoms with Gasteiger partial charge in [0.1, 0.15) is 0 Å². The lowest BCUT2D eigenvalue weighted by atomic mass is 9.93. The van der Waals surface area contributed by atoms with E-state index in [2.05, 4.69) is 0 Å². The van der Waals surface area contributed by atoms with E-state index in [-0.39, 0.29) is 13.1 Å². The first-order valence-electron chi connectivity index (χ1n) is 4.92. The van der Waals surface area contributed by atoms with Gasteiger partial charge in [0.15, 0.2) is 0 Å². The van der Waals surface area contributed by atoms with Crippen LogP contribution < -0.4 is 11.1 Å². The molecule has 9 heteroatoms. The highest BCUT2D eigenvalue weighted by atomic mass is 19.4. The van der Waals surface area contributed by atoms with E-state index in [0.717, 1.165) is 0 Å². The Morgan fingerprint density at radius 2 is 1.50 bits per heavy atom. The molecule has 18 heavy (non-hydrogen) atoms. The van der Waals surface area contributed by atoms with E-state index in [0.29, 0.717) is 0 Å². The van der Waals surface area contributed by atoms with Crippen molar-refractivity contribution in [3.8, 4) is 0 Å². The summed E-state index contributed by atoms with van der Waals surface area (Å²) < 4.78 is 73.0. The van der Waals surface area contributed by atoms with Crippen LogP contribution in [0, 0.1) is 11.3 Å². The molecular formula is C9H14F6N2O. The van der Waals surface area contributed by atoms with Crippen LogP contribution in [0.1, 0.15) is 13.8 Å². The maximum absolute atomic E-state index is 12.2. The lowest BCUT2D eigenvalue weighted by Crippen LogP contribution is -2.50. The molecule has 0 saturated heterocycles. The Hall–Kier alpha value is -0.990. The Morgan fingerprint density at radius 1 is 1.11 bits per heavy atom. The molecule has 0 bridgehead atoms. The Morgan fingerprint density at radius 3 is 1.78 bits per heavy atom. The van der Waals surface area contributed by atoms with E-state index >= 15 is 0 Å². The highest BCUT2D eigenvalue weighted by Crippen LogP contribution is 2.39. The second-order valence-corrected chi connectivity index (χ2v) is 4.60. The molecule has 108 valence electrons. The van der Waals surface area contributed by atoms with Gasteiger partial charge in [-0.3, -0.25) is 4.79 Å². The summed E-state index contributed by atoms with van der Waals surface area (Å²) in [6.07, 6.45) is -11.3. The predicted molar refractivity (Wildman–Crippen MR) is 51.4 cm³/mol. The van der Waals surface area contributed by atoms with Gasteiger partial charge in [0.05, 0.1) is 0 Å². The van der Waals surface area contributed by atoms with Gasteiger partial charge in [-0.25, -0.2) is 0 Å². The number of alkyl halides is 6. The van der Waals surface area contributed by atoms with Gasteiger partial charge in [-0.15, -0.1) is 0 Å². The van der Waals surface area contributed by atoms with E-state index < -0.39 is 29.6 Å². The Bertz CT molecular complexity index is 282. The van der Waals surface area contributed by atoms with Crippen LogP contribution in [0.4, 0.5) is 26.3 Å². The quantitative estimate of drug-likeness (QED) is 0.772. The van der Waals surface area contributed by atoms with E-state index in [1.807, 2.05) is 0 Å². The van der Waals surface area contributed by atoms with Crippen LogP contribution in [0.5, 0.6) is 0 Å². The predicted octanol–water partition coefficient (Wildman–Crippen LogP) is 1.83. The van der Waals surface area contributed by atoms with Crippen LogP contribution in [-0.4, -0.2) is 31.3 Å². The van der Waals surface area contributed by atoms with Gasteiger partial charge in [0, 0.05) is 6.54 Å². The summed E-state index contributed by atoms with van der Waals surface area (Å²) in [5, 5.41) is 1.63. The number of nitrogens with two attached hydrogens (primary N) is 1. The van der Waals surface area contributed by atoms with Gasteiger partial charge in [-0.1, -0.05) is 13.8 Å². The van der Waals surface area contributed by atoms with Gasteiger partial charge in [0.25, 0.3) is 0 Å². The third-order valence-electron chi connectivity index (χ3n) is 2.21. The number of carbonyl (C=O) groups excluding carboxylic acids is 1. The number of nitrogens with one attached hydrogen (secondary N) is 1. The average molecular weight is 280 g/mol. The van der Waals surface area contributed by atoms with Gasteiger partial charge < -0.3 is 11.1 Å². The minimum atomic E-state index is -5.67. The molecule has 0 rings (SSSR count). The molecule has 0 aromatic rings. The van der Waals surface area contributed by atoms with Crippen molar-refractivity contribution in [1.82, 2.24) is 5.32 Å². The van der Waals surface area contributed by atoms with Gasteiger partial charge in [-0.05, 0) is 12.0 Å². The monoisotopic (exact) mass is 280 g/mol. The molecule has 0 spiro atoms. The molecule has 0 aromatic carbocycles. The summed E-state index contributed by atoms with van der Waals surface area (Å²) >= 11 is 0. The SMILES string of the molecule is CC(C)(CN)CNC(=O)C(C(F)(F)F)C(F)(F)F. The lowest BCUT2D eigenvalue weighted by Gasteiger charge is -2.26. The Labute approximate surface area is 99.7 Å². The van der Waals surface area contributed by atoms with Crippen molar-refractivity contribution in [1.29, 1.82) is 0 Å². The van der Waals surface area contributed by atoms with Crippen LogP contribution in [0.3, 0.4) is 0 Å². The van der Waals surface area contributed by atoms with E-state index in [4.69, 9.17) is 5.73 Å². The number of carbonyl (C=O) groups is 1. The zero-order valence-corrected chi connectivity index (χ0v) is 9.74. The number of rotatable bonds is 4. The number of hydrogen-bond donors (Lipinski definition) is 2. The molecule has 0 aliphatic carbocycles. The smallest absolute Gasteiger partial charge is 0.355 e. The molecule has 0 aliphatic heterocycles. The van der Waals surface area contributed by atoms with Crippen LogP contribution in [0.15, 0.2) is 0 Å². The molecule has 0 fully saturated rings. The normalized spacial score (nSPS) is 13.9. The number of halogens is 6. The third-order valence-corrected chi connectivity index (χ3v) is 2.21. The van der Waals surface area contributed by atoms with Crippen LogP contribution in [0.2, 0.25) is 0 Å². The molecule has 0 heterocycles. The Kier molecular flexibility index (Phi) is 5.04.